The Balaban J connectivity index is 0.000000241. The molecule has 0 amide bonds. The number of ether oxygens (including phenoxy) is 1. The largest absolute Gasteiger partial charge is 0.457 e. The average Bonchev–Trinajstić information content (AvgIpc) is 3.94. The SMILES string of the molecule is FC(F)(F)c1ccc(C=Cc2nc(COc3ncc(C#CCCn4ccnn4)cn3)co2)cc1.OCc1coc(C=Cc2ccc(C(F)(F)F)cc2)n1. The summed E-state index contributed by atoms with van der Waals surface area (Å²) in [6, 6.07) is 9.67. The lowest BCUT2D eigenvalue weighted by atomic mass is 10.1. The fourth-order valence-electron chi connectivity index (χ4n) is 4.12. The molecule has 0 radical (unpaired) electrons. The normalized spacial score (nSPS) is 11.7. The van der Waals surface area contributed by atoms with Gasteiger partial charge in [-0.2, -0.15) is 26.3 Å². The van der Waals surface area contributed by atoms with Gasteiger partial charge in [-0.3, -0.25) is 4.68 Å². The molecular weight excluding hydrogens is 708 g/mol. The van der Waals surface area contributed by atoms with E-state index in [4.69, 9.17) is 18.7 Å². The average molecular weight is 736 g/mol. The van der Waals surface area contributed by atoms with Gasteiger partial charge in [0.25, 0.3) is 0 Å². The molecule has 4 aromatic heterocycles. The molecule has 4 heterocycles. The maximum Gasteiger partial charge on any atom is 0.416 e. The molecule has 0 unspecified atom stereocenters. The quantitative estimate of drug-likeness (QED) is 0.110. The highest BCUT2D eigenvalue weighted by molar-refractivity contribution is 5.67. The van der Waals surface area contributed by atoms with Crippen LogP contribution in [0.4, 0.5) is 26.3 Å². The topological polar surface area (TPSA) is 138 Å². The Bertz CT molecular complexity index is 2150. The molecule has 0 saturated heterocycles. The van der Waals surface area contributed by atoms with E-state index >= 15 is 0 Å². The van der Waals surface area contributed by atoms with Crippen LogP contribution in [0.5, 0.6) is 6.01 Å². The lowest BCUT2D eigenvalue weighted by Gasteiger charge is -2.05. The lowest BCUT2D eigenvalue weighted by Crippen LogP contribution is -2.03. The van der Waals surface area contributed by atoms with Gasteiger partial charge < -0.3 is 18.7 Å². The van der Waals surface area contributed by atoms with Crippen molar-refractivity contribution < 1.29 is 45.0 Å². The van der Waals surface area contributed by atoms with Crippen molar-refractivity contribution in [2.24, 2.45) is 0 Å². The van der Waals surface area contributed by atoms with E-state index in [0.29, 0.717) is 41.0 Å². The highest BCUT2D eigenvalue weighted by atomic mass is 19.4. The fourth-order valence-corrected chi connectivity index (χ4v) is 4.12. The Hall–Kier alpha value is -6.54. The van der Waals surface area contributed by atoms with Gasteiger partial charge in [-0.05, 0) is 47.5 Å². The van der Waals surface area contributed by atoms with E-state index < -0.39 is 23.5 Å². The molecule has 6 rings (SSSR count). The number of nitrogens with zero attached hydrogens (tertiary/aromatic N) is 7. The van der Waals surface area contributed by atoms with Crippen LogP contribution in [-0.2, 0) is 32.1 Å². The highest BCUT2D eigenvalue weighted by Crippen LogP contribution is 2.30. The van der Waals surface area contributed by atoms with Crippen molar-refractivity contribution in [3.8, 4) is 17.9 Å². The molecular formula is C36H27F6N7O4. The van der Waals surface area contributed by atoms with Gasteiger partial charge in [0, 0.05) is 37.2 Å². The molecule has 6 aromatic rings. The van der Waals surface area contributed by atoms with Crippen molar-refractivity contribution in [1.82, 2.24) is 34.9 Å². The van der Waals surface area contributed by atoms with E-state index in [0.717, 1.165) is 24.3 Å². The van der Waals surface area contributed by atoms with Gasteiger partial charge in [0.1, 0.15) is 30.5 Å². The van der Waals surface area contributed by atoms with Crippen molar-refractivity contribution in [2.75, 3.05) is 0 Å². The molecule has 272 valence electrons. The Morgan fingerprint density at radius 1 is 0.755 bits per heavy atom. The molecule has 0 saturated carbocycles. The van der Waals surface area contributed by atoms with Crippen LogP contribution in [0.3, 0.4) is 0 Å². The van der Waals surface area contributed by atoms with E-state index in [1.165, 1.54) is 42.9 Å². The van der Waals surface area contributed by atoms with E-state index in [9.17, 15) is 26.3 Å². The van der Waals surface area contributed by atoms with Gasteiger partial charge in [-0.1, -0.05) is 41.3 Å². The number of hydrogen-bond donors (Lipinski definition) is 1. The molecule has 0 spiro atoms. The smallest absolute Gasteiger partial charge is 0.416 e. The maximum absolute atomic E-state index is 12.6. The third-order valence-electron chi connectivity index (χ3n) is 6.76. The van der Waals surface area contributed by atoms with Crippen molar-refractivity contribution in [3.63, 3.8) is 0 Å². The summed E-state index contributed by atoms with van der Waals surface area (Å²) in [5.41, 5.74) is 1.34. The molecule has 53 heavy (non-hydrogen) atoms. The maximum atomic E-state index is 12.6. The fraction of sp³-hybridized carbons (Fsp3) is 0.167. The Labute approximate surface area is 297 Å². The number of rotatable bonds is 10. The zero-order valence-electron chi connectivity index (χ0n) is 27.3. The number of aromatic nitrogens is 7. The standard InChI is InChI=1S/C23H17F3N6O2.C13H10F3NO2/c24-23(25,26)19-7-4-17(5-8-19)6-9-21-30-20(15-33-21)16-34-22-27-13-18(14-28-22)3-1-2-11-32-12-10-29-31-32;14-13(15,16)10-4-1-9(2-5-10)3-6-12-17-11(7-18)8-19-12/h4-10,12-15H,2,11,16H2;1-6,8,18H,7H2. The summed E-state index contributed by atoms with van der Waals surface area (Å²) in [5.74, 6) is 6.55. The van der Waals surface area contributed by atoms with Crippen LogP contribution in [0, 0.1) is 11.8 Å². The van der Waals surface area contributed by atoms with Crippen molar-refractivity contribution in [3.05, 3.63) is 137 Å². The third kappa shape index (κ3) is 12.0. The summed E-state index contributed by atoms with van der Waals surface area (Å²) in [4.78, 5) is 16.4. The van der Waals surface area contributed by atoms with Crippen LogP contribution in [0.2, 0.25) is 0 Å². The Kier molecular flexibility index (Phi) is 12.5. The number of aryl methyl sites for hydroxylation is 1. The van der Waals surface area contributed by atoms with Crippen LogP contribution in [0.25, 0.3) is 24.3 Å². The number of halogens is 6. The molecule has 0 aliphatic carbocycles. The van der Waals surface area contributed by atoms with Crippen molar-refractivity contribution in [1.29, 1.82) is 0 Å². The van der Waals surface area contributed by atoms with Gasteiger partial charge in [-0.15, -0.1) is 5.10 Å². The second kappa shape index (κ2) is 17.6. The van der Waals surface area contributed by atoms with Crippen LogP contribution in [0.15, 0.2) is 94.7 Å². The van der Waals surface area contributed by atoms with Crippen LogP contribution in [-0.4, -0.2) is 40.0 Å². The highest BCUT2D eigenvalue weighted by Gasteiger charge is 2.30. The van der Waals surface area contributed by atoms with Crippen LogP contribution < -0.4 is 4.74 Å². The van der Waals surface area contributed by atoms with E-state index in [-0.39, 0.29) is 31.0 Å². The lowest BCUT2D eigenvalue weighted by molar-refractivity contribution is -0.138. The summed E-state index contributed by atoms with van der Waals surface area (Å²) >= 11 is 0. The summed E-state index contributed by atoms with van der Waals surface area (Å²) in [5, 5.41) is 16.4. The second-order valence-corrected chi connectivity index (χ2v) is 10.7. The van der Waals surface area contributed by atoms with Crippen LogP contribution in [0.1, 0.15) is 57.4 Å². The number of benzene rings is 2. The summed E-state index contributed by atoms with van der Waals surface area (Å²) < 4.78 is 92.4. The van der Waals surface area contributed by atoms with Gasteiger partial charge in [0.2, 0.25) is 11.8 Å². The molecule has 2 aromatic carbocycles. The number of aliphatic hydroxyl groups is 1. The first-order chi connectivity index (χ1) is 25.4. The van der Waals surface area contributed by atoms with Gasteiger partial charge in [0.05, 0.1) is 36.0 Å². The molecule has 0 aliphatic rings. The minimum Gasteiger partial charge on any atom is -0.457 e. The van der Waals surface area contributed by atoms with Gasteiger partial charge in [0.15, 0.2) is 0 Å². The predicted molar refractivity (Wildman–Crippen MR) is 178 cm³/mol. The Morgan fingerprint density at radius 2 is 1.30 bits per heavy atom. The van der Waals surface area contributed by atoms with Crippen molar-refractivity contribution >= 4 is 24.3 Å². The minimum absolute atomic E-state index is 0.0839. The Morgan fingerprint density at radius 3 is 1.79 bits per heavy atom. The number of aliphatic hydroxyl groups excluding tert-OH is 1. The molecule has 0 atom stereocenters. The van der Waals surface area contributed by atoms with E-state index in [2.05, 4.69) is 42.1 Å². The van der Waals surface area contributed by atoms with Crippen molar-refractivity contribution in [2.45, 2.75) is 38.5 Å². The predicted octanol–water partition coefficient (Wildman–Crippen LogP) is 7.62. The summed E-state index contributed by atoms with van der Waals surface area (Å²) in [7, 11) is 0. The number of hydrogen-bond acceptors (Lipinski definition) is 10. The third-order valence-corrected chi connectivity index (χ3v) is 6.76. The van der Waals surface area contributed by atoms with E-state index in [1.807, 2.05) is 0 Å². The minimum atomic E-state index is -4.36. The second-order valence-electron chi connectivity index (χ2n) is 10.7. The first-order valence-corrected chi connectivity index (χ1v) is 15.4. The molecule has 11 nitrogen and oxygen atoms in total. The first-order valence-electron chi connectivity index (χ1n) is 15.4. The summed E-state index contributed by atoms with van der Waals surface area (Å²) in [6.45, 7) is 0.506. The molecule has 17 heteroatoms. The molecule has 0 fully saturated rings. The zero-order valence-corrected chi connectivity index (χ0v) is 27.3. The van der Waals surface area contributed by atoms with Gasteiger partial charge >= 0.3 is 18.4 Å². The molecule has 0 bridgehead atoms. The van der Waals surface area contributed by atoms with Crippen LogP contribution >= 0.6 is 0 Å². The van der Waals surface area contributed by atoms with Gasteiger partial charge in [-0.25, -0.2) is 19.9 Å². The van der Waals surface area contributed by atoms with E-state index in [1.54, 1.807) is 47.7 Å². The molecule has 0 aliphatic heterocycles. The molecule has 1 N–H and O–H groups in total. The monoisotopic (exact) mass is 735 g/mol. The number of oxazole rings is 2. The summed E-state index contributed by atoms with van der Waals surface area (Å²) in [6.07, 6.45) is 7.40. The number of alkyl halides is 6. The first kappa shape index (κ1) is 37.7. The zero-order chi connectivity index (χ0) is 37.7.